The van der Waals surface area contributed by atoms with E-state index in [1.807, 2.05) is 43.3 Å². The van der Waals surface area contributed by atoms with E-state index in [4.69, 9.17) is 9.72 Å². The van der Waals surface area contributed by atoms with Crippen LogP contribution in [0.15, 0.2) is 69.2 Å². The average molecular weight is 451 g/mol. The molecule has 0 fully saturated rings. The van der Waals surface area contributed by atoms with Crippen molar-refractivity contribution < 1.29 is 9.53 Å². The molecule has 0 spiro atoms. The van der Waals surface area contributed by atoms with Crippen molar-refractivity contribution in [3.63, 3.8) is 0 Å². The Kier molecular flexibility index (Phi) is 6.48. The minimum absolute atomic E-state index is 0.394. The molecule has 0 aliphatic carbocycles. The maximum Gasteiger partial charge on any atom is 0.338 e. The van der Waals surface area contributed by atoms with Gasteiger partial charge in [0.25, 0.3) is 5.13 Å². The minimum Gasteiger partial charge on any atom is -0.465 e. The molecule has 4 rings (SSSR count). The van der Waals surface area contributed by atoms with Crippen LogP contribution in [0.3, 0.4) is 0 Å². The number of carbonyl (C=O) groups is 1. The number of nitrogens with zero attached hydrogens (tertiary/aromatic N) is 5. The van der Waals surface area contributed by atoms with Crippen molar-refractivity contribution in [1.82, 2.24) is 20.2 Å². The molecule has 0 bridgehead atoms. The first-order valence-corrected chi connectivity index (χ1v) is 11.2. The van der Waals surface area contributed by atoms with Crippen LogP contribution in [0.25, 0.3) is 22.6 Å². The van der Waals surface area contributed by atoms with E-state index in [1.54, 1.807) is 30.0 Å². The van der Waals surface area contributed by atoms with Gasteiger partial charge >= 0.3 is 5.97 Å². The highest BCUT2D eigenvalue weighted by Gasteiger charge is 2.20. The quantitative estimate of drug-likeness (QED) is 0.213. The molecule has 156 valence electrons. The van der Waals surface area contributed by atoms with Gasteiger partial charge in [-0.05, 0) is 11.8 Å². The summed E-state index contributed by atoms with van der Waals surface area (Å²) in [6, 6.07) is 16.8. The zero-order valence-corrected chi connectivity index (χ0v) is 18.4. The average Bonchev–Trinajstić information content (AvgIpc) is 3.45. The van der Waals surface area contributed by atoms with Crippen LogP contribution in [0.1, 0.15) is 17.3 Å². The lowest BCUT2D eigenvalue weighted by Crippen LogP contribution is -2.03. The number of carbonyl (C=O) groups excluding carboxylic acids is 1. The van der Waals surface area contributed by atoms with Crippen LogP contribution in [0.4, 0.5) is 10.9 Å². The Morgan fingerprint density at radius 2 is 1.87 bits per heavy atom. The maximum atomic E-state index is 12.3. The topological polar surface area (TPSA) is 105 Å². The Hall–Kier alpha value is -3.37. The first kappa shape index (κ1) is 20.9. The number of benzene rings is 2. The van der Waals surface area contributed by atoms with Crippen molar-refractivity contribution in [3.8, 4) is 22.6 Å². The Morgan fingerprint density at radius 1 is 1.10 bits per heavy atom. The van der Waals surface area contributed by atoms with Gasteiger partial charge in [0.15, 0.2) is 10.2 Å². The third-order valence-electron chi connectivity index (χ3n) is 4.22. The summed E-state index contributed by atoms with van der Waals surface area (Å²) in [5.41, 5.74) is 2.38. The molecular weight excluding hydrogens is 432 g/mol. The number of hydrogen-bond acceptors (Lipinski definition) is 9. The van der Waals surface area contributed by atoms with E-state index < -0.39 is 5.97 Å². The first-order valence-electron chi connectivity index (χ1n) is 9.40. The van der Waals surface area contributed by atoms with Crippen molar-refractivity contribution in [1.29, 1.82) is 0 Å². The Balaban J connectivity index is 1.79. The van der Waals surface area contributed by atoms with E-state index in [2.05, 4.69) is 25.4 Å². The number of nitrogens with one attached hydrogen (secondary N) is 1. The third kappa shape index (κ3) is 4.70. The number of ether oxygens (including phenoxy) is 1. The van der Waals surface area contributed by atoms with Crippen molar-refractivity contribution in [2.75, 3.05) is 12.9 Å². The summed E-state index contributed by atoms with van der Waals surface area (Å²) in [4.78, 5) is 20.2. The predicted octanol–water partition coefficient (Wildman–Crippen LogP) is 5.91. The summed E-state index contributed by atoms with van der Waals surface area (Å²) in [7, 11) is 1.35. The second-order valence-electron chi connectivity index (χ2n) is 6.17. The molecule has 8 nitrogen and oxygen atoms in total. The lowest BCUT2D eigenvalue weighted by Gasteiger charge is -2.05. The Morgan fingerprint density at radius 3 is 2.65 bits per heavy atom. The summed E-state index contributed by atoms with van der Waals surface area (Å²) in [5, 5.41) is 17.2. The van der Waals surface area contributed by atoms with E-state index in [0.29, 0.717) is 33.6 Å². The van der Waals surface area contributed by atoms with Gasteiger partial charge in [-0.25, -0.2) is 9.78 Å². The smallest absolute Gasteiger partial charge is 0.338 e. The lowest BCUT2D eigenvalue weighted by atomic mass is 10.0. The van der Waals surface area contributed by atoms with Gasteiger partial charge in [0.05, 0.1) is 12.7 Å². The molecule has 1 N–H and O–H groups in total. The van der Waals surface area contributed by atoms with E-state index >= 15 is 0 Å². The van der Waals surface area contributed by atoms with Crippen molar-refractivity contribution >= 4 is 40.0 Å². The molecule has 0 atom stereocenters. The molecule has 31 heavy (non-hydrogen) atoms. The second-order valence-corrected chi connectivity index (χ2v) is 8.64. The zero-order valence-electron chi connectivity index (χ0n) is 16.8. The van der Waals surface area contributed by atoms with Gasteiger partial charge in [0.1, 0.15) is 11.5 Å². The van der Waals surface area contributed by atoms with Crippen LogP contribution < -0.4 is 0 Å². The fourth-order valence-corrected chi connectivity index (χ4v) is 4.41. The summed E-state index contributed by atoms with van der Waals surface area (Å²) in [5.74, 6) is 1.48. The minimum atomic E-state index is -0.451. The predicted molar refractivity (Wildman–Crippen MR) is 121 cm³/mol. The molecule has 2 heterocycles. The van der Waals surface area contributed by atoms with E-state index in [0.717, 1.165) is 15.7 Å². The second kappa shape index (κ2) is 9.63. The van der Waals surface area contributed by atoms with Crippen LogP contribution in [0.5, 0.6) is 0 Å². The molecule has 0 saturated carbocycles. The van der Waals surface area contributed by atoms with E-state index in [1.165, 1.54) is 18.4 Å². The van der Waals surface area contributed by atoms with Crippen LogP contribution in [-0.4, -0.2) is 39.0 Å². The van der Waals surface area contributed by atoms with Gasteiger partial charge in [-0.15, -0.1) is 20.4 Å². The van der Waals surface area contributed by atoms with Crippen LogP contribution in [0.2, 0.25) is 0 Å². The molecule has 2 aromatic heterocycles. The molecule has 0 amide bonds. The number of methoxy groups -OCH3 is 1. The number of esters is 1. The molecule has 10 heteroatoms. The Bertz CT molecular complexity index is 1220. The number of imidazole rings is 1. The zero-order chi connectivity index (χ0) is 21.6. The summed E-state index contributed by atoms with van der Waals surface area (Å²) >= 11 is 2.96. The summed E-state index contributed by atoms with van der Waals surface area (Å²) in [6.07, 6.45) is 0. The maximum absolute atomic E-state index is 12.3. The van der Waals surface area contributed by atoms with Gasteiger partial charge in [0.2, 0.25) is 0 Å². The fraction of sp³-hybridized carbons (Fsp3) is 0.143. The number of H-pyrrole nitrogens is 1. The largest absolute Gasteiger partial charge is 0.465 e. The number of aromatic nitrogens is 4. The molecule has 4 aromatic rings. The number of aromatic amines is 1. The van der Waals surface area contributed by atoms with Gasteiger partial charge in [-0.2, -0.15) is 0 Å². The van der Waals surface area contributed by atoms with E-state index in [-0.39, 0.29) is 0 Å². The standard InChI is InChI=1S/C21H18N6O2S2/c1-3-30-21-27-26-20(31-21)25-24-18-16(14-11-7-8-12-15(14)19(28)29-2)22-17(23-18)13-9-5-4-6-10-13/h4-12H,3H2,1-2H3,(H,22,23)/b25-24+. The third-order valence-corrected chi connectivity index (χ3v) is 6.04. The van der Waals surface area contributed by atoms with E-state index in [9.17, 15) is 4.79 Å². The summed E-state index contributed by atoms with van der Waals surface area (Å²) in [6.45, 7) is 2.05. The molecule has 0 aliphatic rings. The van der Waals surface area contributed by atoms with Crippen molar-refractivity contribution in [2.45, 2.75) is 11.3 Å². The van der Waals surface area contributed by atoms with Gasteiger partial charge in [-0.3, -0.25) is 0 Å². The normalized spacial score (nSPS) is 11.2. The van der Waals surface area contributed by atoms with Gasteiger partial charge in [-0.1, -0.05) is 78.6 Å². The first-order chi connectivity index (χ1) is 15.2. The molecule has 2 aromatic carbocycles. The van der Waals surface area contributed by atoms with Crippen molar-refractivity contribution in [2.24, 2.45) is 10.2 Å². The molecule has 0 saturated heterocycles. The Labute approximate surface area is 186 Å². The molecular formula is C21H18N6O2S2. The van der Waals surface area contributed by atoms with Crippen LogP contribution >= 0.6 is 23.1 Å². The fourth-order valence-electron chi connectivity index (χ4n) is 2.85. The highest BCUT2D eigenvalue weighted by molar-refractivity contribution is 8.01. The molecule has 0 aliphatic heterocycles. The highest BCUT2D eigenvalue weighted by atomic mass is 32.2. The van der Waals surface area contributed by atoms with Crippen molar-refractivity contribution in [3.05, 3.63) is 60.2 Å². The molecule has 0 unspecified atom stereocenters. The number of azo groups is 1. The SMILES string of the molecule is CCSc1nnc(/N=N/c2[nH]c(-c3ccccc3)nc2-c2ccccc2C(=O)OC)s1. The number of hydrogen-bond donors (Lipinski definition) is 1. The monoisotopic (exact) mass is 450 g/mol. The van der Waals surface area contributed by atoms with Crippen LogP contribution in [0, 0.1) is 0 Å². The number of thioether (sulfide) groups is 1. The van der Waals surface area contributed by atoms with Gasteiger partial charge < -0.3 is 9.72 Å². The molecule has 0 radical (unpaired) electrons. The van der Waals surface area contributed by atoms with Crippen LogP contribution in [-0.2, 0) is 4.74 Å². The highest BCUT2D eigenvalue weighted by Crippen LogP contribution is 2.35. The summed E-state index contributed by atoms with van der Waals surface area (Å²) < 4.78 is 5.77. The lowest BCUT2D eigenvalue weighted by molar-refractivity contribution is 0.0601. The van der Waals surface area contributed by atoms with Gasteiger partial charge in [0, 0.05) is 11.1 Å². The number of rotatable bonds is 7.